The summed E-state index contributed by atoms with van der Waals surface area (Å²) in [5, 5.41) is 3.06. The van der Waals surface area contributed by atoms with Gasteiger partial charge in [-0.05, 0) is 46.0 Å². The van der Waals surface area contributed by atoms with E-state index in [4.69, 9.17) is 5.73 Å². The van der Waals surface area contributed by atoms with Gasteiger partial charge in [-0.2, -0.15) is 0 Å². The highest BCUT2D eigenvalue weighted by molar-refractivity contribution is 5.90. The summed E-state index contributed by atoms with van der Waals surface area (Å²) in [7, 11) is 0. The van der Waals surface area contributed by atoms with Crippen LogP contribution < -0.4 is 11.1 Å². The normalized spacial score (nSPS) is 23.4. The standard InChI is InChI=1S/C16H28N2O2/c1-15(2,3)18-13(19)12(10-11-6-7-11)16(14(17)20)8-4-5-9-16/h11-12H,4-10H2,1-3H3,(H2,17,20)(H,18,19). The number of rotatable bonds is 5. The molecule has 1 atom stereocenters. The molecule has 0 aromatic carbocycles. The Morgan fingerprint density at radius 2 is 1.80 bits per heavy atom. The van der Waals surface area contributed by atoms with Gasteiger partial charge in [-0.25, -0.2) is 0 Å². The second-order valence-electron chi connectivity index (χ2n) is 7.70. The Balaban J connectivity index is 2.21. The molecule has 0 bridgehead atoms. The van der Waals surface area contributed by atoms with Crippen LogP contribution in [0, 0.1) is 17.3 Å². The smallest absolute Gasteiger partial charge is 0.224 e. The molecule has 0 radical (unpaired) electrons. The largest absolute Gasteiger partial charge is 0.369 e. The minimum Gasteiger partial charge on any atom is -0.369 e. The SMILES string of the molecule is CC(C)(C)NC(=O)C(CC1CC1)C1(C(N)=O)CCCC1. The average Bonchev–Trinajstić information content (AvgIpc) is 2.98. The second kappa shape index (κ2) is 5.38. The van der Waals surface area contributed by atoms with Crippen LogP contribution >= 0.6 is 0 Å². The Morgan fingerprint density at radius 1 is 1.25 bits per heavy atom. The van der Waals surface area contributed by atoms with Crippen molar-refractivity contribution in [3.63, 3.8) is 0 Å². The fraction of sp³-hybridized carbons (Fsp3) is 0.875. The first-order chi connectivity index (χ1) is 9.24. The molecule has 4 heteroatoms. The van der Waals surface area contributed by atoms with Crippen LogP contribution in [0.2, 0.25) is 0 Å². The van der Waals surface area contributed by atoms with Crippen LogP contribution in [-0.4, -0.2) is 17.4 Å². The molecule has 2 amide bonds. The van der Waals surface area contributed by atoms with Gasteiger partial charge in [0.1, 0.15) is 0 Å². The van der Waals surface area contributed by atoms with Gasteiger partial charge >= 0.3 is 0 Å². The summed E-state index contributed by atoms with van der Waals surface area (Å²) in [5.41, 5.74) is 4.85. The molecule has 0 aliphatic heterocycles. The minimum absolute atomic E-state index is 0.0186. The molecule has 2 rings (SSSR count). The number of nitrogens with two attached hydrogens (primary N) is 1. The Morgan fingerprint density at radius 3 is 2.20 bits per heavy atom. The topological polar surface area (TPSA) is 72.2 Å². The van der Waals surface area contributed by atoms with Crippen LogP contribution in [0.25, 0.3) is 0 Å². The summed E-state index contributed by atoms with van der Waals surface area (Å²) in [6.45, 7) is 5.93. The number of carbonyl (C=O) groups excluding carboxylic acids is 2. The third-order valence-corrected chi connectivity index (χ3v) is 4.73. The molecule has 2 saturated carbocycles. The van der Waals surface area contributed by atoms with Gasteiger partial charge in [0.15, 0.2) is 0 Å². The van der Waals surface area contributed by atoms with E-state index in [1.165, 1.54) is 12.8 Å². The minimum atomic E-state index is -0.599. The molecule has 2 aliphatic carbocycles. The van der Waals surface area contributed by atoms with E-state index in [9.17, 15) is 9.59 Å². The Bertz CT molecular complexity index is 388. The summed E-state index contributed by atoms with van der Waals surface area (Å²) in [6, 6.07) is 0. The third-order valence-electron chi connectivity index (χ3n) is 4.73. The summed E-state index contributed by atoms with van der Waals surface area (Å²) >= 11 is 0. The first kappa shape index (κ1) is 15.3. The van der Waals surface area contributed by atoms with Crippen LogP contribution in [0.3, 0.4) is 0 Å². The van der Waals surface area contributed by atoms with E-state index in [0.29, 0.717) is 5.92 Å². The molecule has 1 unspecified atom stereocenters. The molecular weight excluding hydrogens is 252 g/mol. The zero-order chi connectivity index (χ0) is 15.0. The molecule has 3 N–H and O–H groups in total. The van der Waals surface area contributed by atoms with E-state index in [2.05, 4.69) is 5.32 Å². The van der Waals surface area contributed by atoms with Gasteiger partial charge in [0.25, 0.3) is 0 Å². The van der Waals surface area contributed by atoms with Gasteiger partial charge in [0.05, 0.1) is 11.3 Å². The van der Waals surface area contributed by atoms with Gasteiger partial charge in [0, 0.05) is 5.54 Å². The van der Waals surface area contributed by atoms with Crippen molar-refractivity contribution >= 4 is 11.8 Å². The number of hydrogen-bond donors (Lipinski definition) is 2. The van der Waals surface area contributed by atoms with E-state index in [-0.39, 0.29) is 23.3 Å². The average molecular weight is 280 g/mol. The molecule has 0 heterocycles. The fourth-order valence-corrected chi connectivity index (χ4v) is 3.50. The van der Waals surface area contributed by atoms with Gasteiger partial charge in [-0.1, -0.05) is 25.7 Å². The molecule has 0 spiro atoms. The lowest BCUT2D eigenvalue weighted by Gasteiger charge is -2.36. The van der Waals surface area contributed by atoms with E-state index in [1.54, 1.807) is 0 Å². The van der Waals surface area contributed by atoms with E-state index in [0.717, 1.165) is 32.1 Å². The Labute approximate surface area is 121 Å². The predicted octanol–water partition coefficient (Wildman–Crippen LogP) is 2.36. The fourth-order valence-electron chi connectivity index (χ4n) is 3.50. The maximum Gasteiger partial charge on any atom is 0.224 e. The van der Waals surface area contributed by atoms with Crippen LogP contribution in [0.1, 0.15) is 65.7 Å². The van der Waals surface area contributed by atoms with Gasteiger partial charge in [0.2, 0.25) is 11.8 Å². The van der Waals surface area contributed by atoms with E-state index < -0.39 is 5.41 Å². The second-order valence-corrected chi connectivity index (χ2v) is 7.70. The number of hydrogen-bond acceptors (Lipinski definition) is 2. The van der Waals surface area contributed by atoms with Crippen molar-refractivity contribution < 1.29 is 9.59 Å². The van der Waals surface area contributed by atoms with Crippen LogP contribution in [0.5, 0.6) is 0 Å². The van der Waals surface area contributed by atoms with Crippen LogP contribution in [0.4, 0.5) is 0 Å². The van der Waals surface area contributed by atoms with Crippen LogP contribution in [0.15, 0.2) is 0 Å². The maximum atomic E-state index is 12.7. The summed E-state index contributed by atoms with van der Waals surface area (Å²) < 4.78 is 0. The van der Waals surface area contributed by atoms with Gasteiger partial charge in [-0.15, -0.1) is 0 Å². The molecule has 20 heavy (non-hydrogen) atoms. The summed E-state index contributed by atoms with van der Waals surface area (Å²) in [4.78, 5) is 24.8. The Hall–Kier alpha value is -1.06. The molecule has 2 fully saturated rings. The molecule has 114 valence electrons. The molecule has 2 aliphatic rings. The van der Waals surface area contributed by atoms with Crippen molar-refractivity contribution in [3.05, 3.63) is 0 Å². The Kier molecular flexibility index (Phi) is 4.12. The molecule has 0 saturated heterocycles. The lowest BCUT2D eigenvalue weighted by Crippen LogP contribution is -2.52. The lowest BCUT2D eigenvalue weighted by atomic mass is 9.70. The van der Waals surface area contributed by atoms with Crippen molar-refractivity contribution in [3.8, 4) is 0 Å². The number of carbonyl (C=O) groups is 2. The molecule has 0 aromatic heterocycles. The molecule has 4 nitrogen and oxygen atoms in total. The summed E-state index contributed by atoms with van der Waals surface area (Å²) in [6.07, 6.45) is 6.77. The number of amides is 2. The van der Waals surface area contributed by atoms with Gasteiger partial charge in [-0.3, -0.25) is 9.59 Å². The first-order valence-electron chi connectivity index (χ1n) is 7.86. The quantitative estimate of drug-likeness (QED) is 0.811. The van der Waals surface area contributed by atoms with E-state index >= 15 is 0 Å². The molecule has 0 aromatic rings. The third kappa shape index (κ3) is 3.33. The number of nitrogens with one attached hydrogen (secondary N) is 1. The van der Waals surface area contributed by atoms with Gasteiger partial charge < -0.3 is 11.1 Å². The summed E-state index contributed by atoms with van der Waals surface area (Å²) in [5.74, 6) is 0.117. The van der Waals surface area contributed by atoms with E-state index in [1.807, 2.05) is 20.8 Å². The van der Waals surface area contributed by atoms with Crippen molar-refractivity contribution in [2.75, 3.05) is 0 Å². The predicted molar refractivity (Wildman–Crippen MR) is 78.8 cm³/mol. The highest BCUT2D eigenvalue weighted by Crippen LogP contribution is 2.49. The van der Waals surface area contributed by atoms with Crippen molar-refractivity contribution in [1.29, 1.82) is 0 Å². The highest BCUT2D eigenvalue weighted by atomic mass is 16.2. The van der Waals surface area contributed by atoms with Crippen molar-refractivity contribution in [2.24, 2.45) is 23.0 Å². The lowest BCUT2D eigenvalue weighted by molar-refractivity contribution is -0.141. The van der Waals surface area contributed by atoms with Crippen molar-refractivity contribution in [1.82, 2.24) is 5.32 Å². The monoisotopic (exact) mass is 280 g/mol. The zero-order valence-electron chi connectivity index (χ0n) is 13.0. The maximum absolute atomic E-state index is 12.7. The highest BCUT2D eigenvalue weighted by Gasteiger charge is 2.51. The zero-order valence-corrected chi connectivity index (χ0v) is 13.0. The van der Waals surface area contributed by atoms with Crippen molar-refractivity contribution in [2.45, 2.75) is 71.3 Å². The molecular formula is C16H28N2O2. The van der Waals surface area contributed by atoms with Crippen LogP contribution in [-0.2, 0) is 9.59 Å². The number of primary amides is 1. The first-order valence-corrected chi connectivity index (χ1v) is 7.86.